The summed E-state index contributed by atoms with van der Waals surface area (Å²) < 4.78 is 0. The van der Waals surface area contributed by atoms with Gasteiger partial charge in [-0.25, -0.2) is 15.0 Å². The van der Waals surface area contributed by atoms with Crippen LogP contribution in [-0.2, 0) is 4.79 Å². The zero-order valence-corrected chi connectivity index (χ0v) is 19.6. The third-order valence-corrected chi connectivity index (χ3v) is 6.72. The maximum Gasteiger partial charge on any atom is 0.231 e. The first-order valence-corrected chi connectivity index (χ1v) is 12.1. The number of nitrogens with one attached hydrogen (secondary N) is 2. The van der Waals surface area contributed by atoms with Crippen molar-refractivity contribution in [1.29, 1.82) is 0 Å². The number of benzene rings is 2. The highest BCUT2D eigenvalue weighted by atomic mass is 32.1. The van der Waals surface area contributed by atoms with Gasteiger partial charge < -0.3 is 15.5 Å². The van der Waals surface area contributed by atoms with E-state index >= 15 is 0 Å². The number of carbonyl (C=O) groups excluding carboxylic acids is 1. The van der Waals surface area contributed by atoms with Gasteiger partial charge in [-0.3, -0.25) is 4.79 Å². The van der Waals surface area contributed by atoms with E-state index in [4.69, 9.17) is 4.98 Å². The normalized spacial score (nSPS) is 14.1. The molecule has 0 spiro atoms. The molecule has 2 aromatic heterocycles. The highest BCUT2D eigenvalue weighted by Gasteiger charge is 2.25. The van der Waals surface area contributed by atoms with Gasteiger partial charge in [0.2, 0.25) is 17.8 Å². The Morgan fingerprint density at radius 3 is 2.59 bits per heavy atom. The van der Waals surface area contributed by atoms with E-state index in [9.17, 15) is 4.79 Å². The molecule has 1 saturated heterocycles. The van der Waals surface area contributed by atoms with Gasteiger partial charge in [0.15, 0.2) is 0 Å². The molecule has 4 aromatic rings. The van der Waals surface area contributed by atoms with Crippen LogP contribution in [0, 0.1) is 0 Å². The fourth-order valence-electron chi connectivity index (χ4n) is 4.05. The number of thiazole rings is 1. The Kier molecular flexibility index (Phi) is 6.44. The van der Waals surface area contributed by atoms with Gasteiger partial charge in [0.1, 0.15) is 6.33 Å². The van der Waals surface area contributed by atoms with Crippen molar-refractivity contribution in [2.75, 3.05) is 28.6 Å². The lowest BCUT2D eigenvalue weighted by atomic mass is 9.98. The van der Waals surface area contributed by atoms with Crippen molar-refractivity contribution < 1.29 is 4.79 Å². The zero-order valence-electron chi connectivity index (χ0n) is 18.8. The molecule has 0 radical (unpaired) electrons. The summed E-state index contributed by atoms with van der Waals surface area (Å²) in [6, 6.07) is 17.8. The predicted molar refractivity (Wildman–Crippen MR) is 136 cm³/mol. The second-order valence-corrected chi connectivity index (χ2v) is 9.08. The number of anilines is 4. The summed E-state index contributed by atoms with van der Waals surface area (Å²) in [7, 11) is 0. The molecule has 0 aliphatic carbocycles. The highest BCUT2D eigenvalue weighted by molar-refractivity contribution is 7.10. The van der Waals surface area contributed by atoms with Gasteiger partial charge in [0, 0.05) is 48.2 Å². The van der Waals surface area contributed by atoms with Crippen LogP contribution in [0.3, 0.4) is 0 Å². The first-order chi connectivity index (χ1) is 16.6. The van der Waals surface area contributed by atoms with E-state index in [1.165, 1.54) is 18.3 Å². The third kappa shape index (κ3) is 5.20. The van der Waals surface area contributed by atoms with Gasteiger partial charge in [-0.2, -0.15) is 4.98 Å². The summed E-state index contributed by atoms with van der Waals surface area (Å²) in [5, 5.41) is 9.34. The highest BCUT2D eigenvalue weighted by Crippen LogP contribution is 2.33. The number of piperidine rings is 1. The van der Waals surface area contributed by atoms with E-state index in [1.54, 1.807) is 11.3 Å². The largest absolute Gasteiger partial charge is 0.341 e. The smallest absolute Gasteiger partial charge is 0.231 e. The average Bonchev–Trinajstić information content (AvgIpc) is 3.35. The number of carbonyl (C=O) groups is 1. The van der Waals surface area contributed by atoms with Gasteiger partial charge in [0.25, 0.3) is 0 Å². The molecule has 9 heteroatoms. The number of amides is 1. The van der Waals surface area contributed by atoms with Gasteiger partial charge in [0.05, 0.1) is 10.7 Å². The first kappa shape index (κ1) is 22.0. The molecular weight excluding hydrogens is 446 g/mol. The summed E-state index contributed by atoms with van der Waals surface area (Å²) in [6.45, 7) is 3.22. The Morgan fingerprint density at radius 1 is 1.00 bits per heavy atom. The minimum absolute atomic E-state index is 0.114. The molecule has 1 fully saturated rings. The fourth-order valence-corrected chi connectivity index (χ4v) is 5.05. The second kappa shape index (κ2) is 9.96. The molecule has 0 saturated carbocycles. The molecule has 34 heavy (non-hydrogen) atoms. The van der Waals surface area contributed by atoms with Crippen LogP contribution < -0.4 is 15.5 Å². The van der Waals surface area contributed by atoms with E-state index in [-0.39, 0.29) is 5.91 Å². The Morgan fingerprint density at radius 2 is 1.79 bits per heavy atom. The van der Waals surface area contributed by atoms with Crippen LogP contribution in [0.4, 0.5) is 23.3 Å². The van der Waals surface area contributed by atoms with Crippen molar-refractivity contribution in [3.63, 3.8) is 0 Å². The Bertz CT molecular complexity index is 1270. The molecule has 172 valence electrons. The molecule has 0 unspecified atom stereocenters. The molecule has 3 heterocycles. The quantitative estimate of drug-likeness (QED) is 0.405. The van der Waals surface area contributed by atoms with Crippen molar-refractivity contribution in [3.8, 4) is 11.3 Å². The van der Waals surface area contributed by atoms with Gasteiger partial charge >= 0.3 is 0 Å². The molecule has 2 N–H and O–H groups in total. The summed E-state index contributed by atoms with van der Waals surface area (Å²) in [4.78, 5) is 31.7. The van der Waals surface area contributed by atoms with E-state index in [0.717, 1.165) is 42.9 Å². The van der Waals surface area contributed by atoms with Crippen LogP contribution in [0.2, 0.25) is 0 Å². The number of nitrogens with zero attached hydrogens (tertiary/aromatic N) is 5. The first-order valence-electron chi connectivity index (χ1n) is 11.2. The Hall–Kier alpha value is -3.85. The summed E-state index contributed by atoms with van der Waals surface area (Å²) in [5.41, 5.74) is 3.72. The minimum atomic E-state index is -0.114. The maximum atomic E-state index is 11.3. The molecule has 0 atom stereocenters. The number of aromatic nitrogens is 4. The lowest BCUT2D eigenvalue weighted by Crippen LogP contribution is -2.34. The van der Waals surface area contributed by atoms with Gasteiger partial charge in [-0.1, -0.05) is 36.4 Å². The predicted octanol–water partition coefficient (Wildman–Crippen LogP) is 5.08. The van der Waals surface area contributed by atoms with Crippen LogP contribution in [-0.4, -0.2) is 38.9 Å². The van der Waals surface area contributed by atoms with Crippen molar-refractivity contribution >= 4 is 40.5 Å². The second-order valence-electron chi connectivity index (χ2n) is 8.19. The molecular formula is C25H25N7OS. The van der Waals surface area contributed by atoms with Gasteiger partial charge in [-0.05, 0) is 31.0 Å². The lowest BCUT2D eigenvalue weighted by molar-refractivity contribution is -0.114. The molecule has 1 amide bonds. The summed E-state index contributed by atoms with van der Waals surface area (Å²) >= 11 is 1.75. The summed E-state index contributed by atoms with van der Waals surface area (Å²) in [6.07, 6.45) is 3.55. The standard InChI is InChI=1S/C25H25N7OS/c1-17(33)28-20-8-5-9-21(14-20)29-24-26-16-27-25(31-24)32-12-10-19(11-13-32)23-30-22(15-34-23)18-6-3-2-4-7-18/h2-9,14-16,19H,10-13H2,1H3,(H,28,33)(H,26,27,29,31). The number of hydrogen-bond donors (Lipinski definition) is 2. The van der Waals surface area contributed by atoms with E-state index in [0.29, 0.717) is 23.5 Å². The molecule has 0 bridgehead atoms. The molecule has 8 nitrogen and oxygen atoms in total. The van der Waals surface area contributed by atoms with E-state index < -0.39 is 0 Å². The SMILES string of the molecule is CC(=O)Nc1cccc(Nc2ncnc(N3CCC(c4nc(-c5ccccc5)cs4)CC3)n2)c1. The average molecular weight is 472 g/mol. The van der Waals surface area contributed by atoms with Crippen LogP contribution in [0.15, 0.2) is 66.3 Å². The Balaban J connectivity index is 1.22. The van der Waals surface area contributed by atoms with Crippen molar-refractivity contribution in [2.45, 2.75) is 25.7 Å². The third-order valence-electron chi connectivity index (χ3n) is 5.72. The summed E-state index contributed by atoms with van der Waals surface area (Å²) in [5.74, 6) is 1.48. The van der Waals surface area contributed by atoms with Crippen LogP contribution >= 0.6 is 11.3 Å². The molecule has 1 aliphatic rings. The topological polar surface area (TPSA) is 95.9 Å². The van der Waals surface area contributed by atoms with Crippen molar-refractivity contribution in [2.24, 2.45) is 0 Å². The minimum Gasteiger partial charge on any atom is -0.341 e. The number of rotatable bonds is 6. The molecule has 1 aliphatic heterocycles. The van der Waals surface area contributed by atoms with E-state index in [1.807, 2.05) is 42.5 Å². The lowest BCUT2D eigenvalue weighted by Gasteiger charge is -2.31. The maximum absolute atomic E-state index is 11.3. The Labute approximate surface area is 202 Å². The zero-order chi connectivity index (χ0) is 23.3. The monoisotopic (exact) mass is 471 g/mol. The van der Waals surface area contributed by atoms with Crippen LogP contribution in [0.25, 0.3) is 11.3 Å². The van der Waals surface area contributed by atoms with Crippen molar-refractivity contribution in [1.82, 2.24) is 19.9 Å². The molecule has 2 aromatic carbocycles. The number of hydrogen-bond acceptors (Lipinski definition) is 8. The molecule has 5 rings (SSSR count). The van der Waals surface area contributed by atoms with E-state index in [2.05, 4.69) is 48.0 Å². The fraction of sp³-hybridized carbons (Fsp3) is 0.240. The van der Waals surface area contributed by atoms with Crippen LogP contribution in [0.1, 0.15) is 30.7 Å². The van der Waals surface area contributed by atoms with Gasteiger partial charge in [-0.15, -0.1) is 11.3 Å². The van der Waals surface area contributed by atoms with Crippen molar-refractivity contribution in [3.05, 3.63) is 71.3 Å². The van der Waals surface area contributed by atoms with Crippen LogP contribution in [0.5, 0.6) is 0 Å².